The summed E-state index contributed by atoms with van der Waals surface area (Å²) >= 11 is 0. The van der Waals surface area contributed by atoms with Crippen molar-refractivity contribution in [3.05, 3.63) is 83.9 Å². The number of carbonyl (C=O) groups excluding carboxylic acids is 2. The van der Waals surface area contributed by atoms with E-state index >= 15 is 0 Å². The molecule has 0 unspecified atom stereocenters. The van der Waals surface area contributed by atoms with Gasteiger partial charge in [0, 0.05) is 13.7 Å². The lowest BCUT2D eigenvalue weighted by Gasteiger charge is -2.16. The van der Waals surface area contributed by atoms with Gasteiger partial charge in [-0.05, 0) is 77.6 Å². The molecule has 4 aromatic carbocycles. The topological polar surface area (TPSA) is 126 Å². The van der Waals surface area contributed by atoms with Crippen molar-refractivity contribution in [3.63, 3.8) is 0 Å². The third kappa shape index (κ3) is 12.8. The highest BCUT2D eigenvalue weighted by molar-refractivity contribution is 6.06. The van der Waals surface area contributed by atoms with Gasteiger partial charge in [0.15, 0.2) is 5.75 Å². The lowest BCUT2D eigenvalue weighted by atomic mass is 9.91. The minimum absolute atomic E-state index is 0.162. The van der Waals surface area contributed by atoms with Gasteiger partial charge in [0.05, 0.1) is 66.1 Å². The molecule has 12 heteroatoms. The number of esters is 2. The summed E-state index contributed by atoms with van der Waals surface area (Å²) in [6, 6.07) is 22.7. The van der Waals surface area contributed by atoms with Crippen molar-refractivity contribution >= 4 is 22.7 Å². The van der Waals surface area contributed by atoms with Crippen LogP contribution in [-0.2, 0) is 38.0 Å². The standard InChI is InChI=1S/C42H52O12/c1-5-18-46-21-22-49-26-28-53-54-40-17-15-32(30-38(40)42(44)51-7-3)34-11-9-12-35-33(10-8-13-36(34)35)31-14-16-39(37(29-31)41(43)50-6-2)52-27-25-48-24-23-47-20-19-45-4/h8-17,29-30H,5-7,18-28H2,1-4H3. The van der Waals surface area contributed by atoms with E-state index < -0.39 is 11.9 Å². The summed E-state index contributed by atoms with van der Waals surface area (Å²) in [4.78, 5) is 37.1. The van der Waals surface area contributed by atoms with Gasteiger partial charge in [-0.15, -0.1) is 0 Å². The zero-order chi connectivity index (χ0) is 38.4. The van der Waals surface area contributed by atoms with Crippen LogP contribution in [0.1, 0.15) is 47.9 Å². The van der Waals surface area contributed by atoms with E-state index in [0.717, 1.165) is 39.4 Å². The van der Waals surface area contributed by atoms with Gasteiger partial charge in [0.25, 0.3) is 0 Å². The van der Waals surface area contributed by atoms with Crippen LogP contribution in [0.15, 0.2) is 72.8 Å². The molecule has 0 aliphatic rings. The maximum Gasteiger partial charge on any atom is 0.342 e. The molecule has 0 atom stereocenters. The Hall–Kier alpha value is -4.56. The summed E-state index contributed by atoms with van der Waals surface area (Å²) in [6.45, 7) is 10.6. The Kier molecular flexibility index (Phi) is 18.7. The minimum Gasteiger partial charge on any atom is -0.490 e. The number of methoxy groups -OCH3 is 1. The Labute approximate surface area is 317 Å². The third-order valence-corrected chi connectivity index (χ3v) is 7.96. The maximum absolute atomic E-state index is 13.1. The first-order valence-electron chi connectivity index (χ1n) is 18.4. The van der Waals surface area contributed by atoms with Gasteiger partial charge in [-0.25, -0.2) is 9.59 Å². The van der Waals surface area contributed by atoms with Crippen molar-refractivity contribution in [2.75, 3.05) is 93.0 Å². The molecule has 12 nitrogen and oxygen atoms in total. The Morgan fingerprint density at radius 2 is 1.00 bits per heavy atom. The van der Waals surface area contributed by atoms with Gasteiger partial charge < -0.3 is 42.8 Å². The van der Waals surface area contributed by atoms with Crippen LogP contribution >= 0.6 is 0 Å². The molecule has 4 aromatic rings. The normalized spacial score (nSPS) is 11.1. The Bertz CT molecular complexity index is 1610. The Morgan fingerprint density at radius 3 is 1.54 bits per heavy atom. The summed E-state index contributed by atoms with van der Waals surface area (Å²) < 4.78 is 43.6. The number of carbonyl (C=O) groups is 2. The number of hydrogen-bond acceptors (Lipinski definition) is 12. The fourth-order valence-corrected chi connectivity index (χ4v) is 5.48. The van der Waals surface area contributed by atoms with Crippen molar-refractivity contribution < 1.29 is 57.3 Å². The number of rotatable bonds is 26. The zero-order valence-electron chi connectivity index (χ0n) is 31.7. The minimum atomic E-state index is -0.532. The van der Waals surface area contributed by atoms with Crippen LogP contribution in [-0.4, -0.2) is 105 Å². The first-order valence-corrected chi connectivity index (χ1v) is 18.4. The average molecular weight is 749 g/mol. The van der Waals surface area contributed by atoms with Crippen molar-refractivity contribution in [1.82, 2.24) is 0 Å². The molecule has 0 saturated heterocycles. The van der Waals surface area contributed by atoms with E-state index in [1.54, 1.807) is 45.2 Å². The molecule has 0 spiro atoms. The first-order chi connectivity index (χ1) is 26.5. The Morgan fingerprint density at radius 1 is 0.519 bits per heavy atom. The molecule has 0 amide bonds. The van der Waals surface area contributed by atoms with Crippen LogP contribution in [0, 0.1) is 0 Å². The van der Waals surface area contributed by atoms with E-state index in [9.17, 15) is 9.59 Å². The van der Waals surface area contributed by atoms with Crippen molar-refractivity contribution in [2.24, 2.45) is 0 Å². The molecule has 0 bridgehead atoms. The first kappa shape index (κ1) is 42.2. The summed E-state index contributed by atoms with van der Waals surface area (Å²) in [6.07, 6.45) is 0.955. The Balaban J connectivity index is 1.53. The van der Waals surface area contributed by atoms with E-state index in [-0.39, 0.29) is 37.7 Å². The van der Waals surface area contributed by atoms with E-state index in [4.69, 9.17) is 47.7 Å². The van der Waals surface area contributed by atoms with Crippen molar-refractivity contribution in [1.29, 1.82) is 0 Å². The fourth-order valence-electron chi connectivity index (χ4n) is 5.48. The van der Waals surface area contributed by atoms with Crippen LogP contribution in [0.3, 0.4) is 0 Å². The molecule has 0 aliphatic carbocycles. The lowest BCUT2D eigenvalue weighted by Crippen LogP contribution is -2.14. The predicted molar refractivity (Wildman–Crippen MR) is 204 cm³/mol. The molecular formula is C42H52O12. The SMILES string of the molecule is CCCOCCOCCOOc1ccc(-c2cccc3c(-c4ccc(OCCOCCOCCOC)c(C(=O)OCC)c4)cccc23)cc1C(=O)OCC. The largest absolute Gasteiger partial charge is 0.490 e. The van der Waals surface area contributed by atoms with E-state index in [1.807, 2.05) is 55.5 Å². The molecule has 292 valence electrons. The molecule has 0 saturated carbocycles. The monoisotopic (exact) mass is 748 g/mol. The smallest absolute Gasteiger partial charge is 0.342 e. The van der Waals surface area contributed by atoms with Crippen LogP contribution < -0.4 is 9.62 Å². The highest BCUT2D eigenvalue weighted by Crippen LogP contribution is 2.38. The number of hydrogen-bond donors (Lipinski definition) is 0. The van der Waals surface area contributed by atoms with Gasteiger partial charge in [-0.2, -0.15) is 4.89 Å². The van der Waals surface area contributed by atoms with Crippen LogP contribution in [0.4, 0.5) is 0 Å². The number of fused-ring (bicyclic) bond motifs is 1. The van der Waals surface area contributed by atoms with Crippen LogP contribution in [0.2, 0.25) is 0 Å². The lowest BCUT2D eigenvalue weighted by molar-refractivity contribution is -0.215. The molecule has 0 aromatic heterocycles. The molecule has 0 N–H and O–H groups in total. The van der Waals surface area contributed by atoms with E-state index in [1.165, 1.54) is 0 Å². The highest BCUT2D eigenvalue weighted by atomic mass is 17.2. The fraction of sp³-hybridized carbons (Fsp3) is 0.429. The van der Waals surface area contributed by atoms with Crippen LogP contribution in [0.25, 0.3) is 33.0 Å². The third-order valence-electron chi connectivity index (χ3n) is 7.96. The quantitative estimate of drug-likeness (QED) is 0.0276. The van der Waals surface area contributed by atoms with Gasteiger partial charge in [-0.1, -0.05) is 55.5 Å². The van der Waals surface area contributed by atoms with Crippen molar-refractivity contribution in [3.8, 4) is 33.8 Å². The number of ether oxygens (including phenoxy) is 8. The molecule has 0 fully saturated rings. The van der Waals surface area contributed by atoms with Gasteiger partial charge >= 0.3 is 11.9 Å². The molecule has 0 aliphatic heterocycles. The zero-order valence-corrected chi connectivity index (χ0v) is 31.7. The second-order valence-electron chi connectivity index (χ2n) is 11.8. The summed E-state index contributed by atoms with van der Waals surface area (Å²) in [5.74, 6) is -0.377. The number of benzene rings is 4. The second-order valence-corrected chi connectivity index (χ2v) is 11.8. The van der Waals surface area contributed by atoms with Crippen molar-refractivity contribution in [2.45, 2.75) is 27.2 Å². The highest BCUT2D eigenvalue weighted by Gasteiger charge is 2.20. The van der Waals surface area contributed by atoms with E-state index in [2.05, 4.69) is 0 Å². The summed E-state index contributed by atoms with van der Waals surface area (Å²) in [7, 11) is 1.62. The predicted octanol–water partition coefficient (Wildman–Crippen LogP) is 7.34. The summed E-state index contributed by atoms with van der Waals surface area (Å²) in [5, 5.41) is 1.89. The molecule has 0 radical (unpaired) electrons. The van der Waals surface area contributed by atoms with Gasteiger partial charge in [-0.3, -0.25) is 0 Å². The van der Waals surface area contributed by atoms with Crippen LogP contribution in [0.5, 0.6) is 11.5 Å². The average Bonchev–Trinajstić information content (AvgIpc) is 3.19. The molecule has 0 heterocycles. The second kappa shape index (κ2) is 24.0. The summed E-state index contributed by atoms with van der Waals surface area (Å²) in [5.41, 5.74) is 3.93. The molecule has 4 rings (SSSR count). The van der Waals surface area contributed by atoms with E-state index in [0.29, 0.717) is 70.8 Å². The van der Waals surface area contributed by atoms with Gasteiger partial charge in [0.2, 0.25) is 0 Å². The molecular weight excluding hydrogens is 696 g/mol. The molecule has 54 heavy (non-hydrogen) atoms. The van der Waals surface area contributed by atoms with Gasteiger partial charge in [0.1, 0.15) is 30.1 Å². The maximum atomic E-state index is 13.1.